The number of aromatic nitrogens is 2. The lowest BCUT2D eigenvalue weighted by Crippen LogP contribution is -2.41. The molecule has 31 heavy (non-hydrogen) atoms. The normalized spacial score (nSPS) is 18.7. The number of benzene rings is 1. The van der Waals surface area contributed by atoms with Crippen molar-refractivity contribution in [2.45, 2.75) is 24.2 Å². The van der Waals surface area contributed by atoms with Gasteiger partial charge in [0, 0.05) is 44.8 Å². The van der Waals surface area contributed by atoms with Crippen molar-refractivity contribution in [3.63, 3.8) is 0 Å². The Hall–Kier alpha value is -2.34. The van der Waals surface area contributed by atoms with Crippen LogP contribution in [0.5, 0.6) is 0 Å². The van der Waals surface area contributed by atoms with E-state index < -0.39 is 15.9 Å². The van der Waals surface area contributed by atoms with E-state index in [0.717, 1.165) is 38.9 Å². The van der Waals surface area contributed by atoms with Crippen molar-refractivity contribution in [2.24, 2.45) is 0 Å². The molecule has 1 aromatic carbocycles. The van der Waals surface area contributed by atoms with E-state index in [2.05, 4.69) is 20.4 Å². The van der Waals surface area contributed by atoms with E-state index in [0.29, 0.717) is 38.4 Å². The van der Waals surface area contributed by atoms with E-state index in [1.165, 1.54) is 16.4 Å². The van der Waals surface area contributed by atoms with E-state index >= 15 is 0 Å². The minimum absolute atomic E-state index is 0.123. The van der Waals surface area contributed by atoms with Gasteiger partial charge in [-0.2, -0.15) is 4.31 Å². The van der Waals surface area contributed by atoms with Gasteiger partial charge in [0.25, 0.3) is 0 Å². The summed E-state index contributed by atoms with van der Waals surface area (Å²) in [6.07, 6.45) is 2.83. The van der Waals surface area contributed by atoms with E-state index in [1.54, 1.807) is 12.1 Å². The van der Waals surface area contributed by atoms with Gasteiger partial charge >= 0.3 is 11.8 Å². The first kappa shape index (κ1) is 21.9. The van der Waals surface area contributed by atoms with E-state index in [1.807, 2.05) is 0 Å². The molecule has 1 aromatic heterocycles. The van der Waals surface area contributed by atoms with Crippen molar-refractivity contribution in [1.82, 2.24) is 24.7 Å². The first-order valence-electron chi connectivity index (χ1n) is 10.6. The SMILES string of the molecule is O=C(NCCN1CCOCC1)c1nnc(-c2ccc(S(=O)(=O)N3CCCCC3)cc2)o1. The Morgan fingerprint density at radius 2 is 1.71 bits per heavy atom. The Bertz CT molecular complexity index is 980. The average molecular weight is 450 g/mol. The van der Waals surface area contributed by atoms with E-state index in [9.17, 15) is 13.2 Å². The van der Waals surface area contributed by atoms with Crippen molar-refractivity contribution in [3.05, 3.63) is 30.2 Å². The van der Waals surface area contributed by atoms with Gasteiger partial charge in [-0.25, -0.2) is 8.42 Å². The highest BCUT2D eigenvalue weighted by Gasteiger charge is 2.26. The van der Waals surface area contributed by atoms with Crippen LogP contribution in [0.4, 0.5) is 0 Å². The number of hydrogen-bond donors (Lipinski definition) is 1. The minimum Gasteiger partial charge on any atom is -0.412 e. The van der Waals surface area contributed by atoms with Gasteiger partial charge in [0.2, 0.25) is 15.9 Å². The fourth-order valence-electron chi connectivity index (χ4n) is 3.68. The maximum Gasteiger partial charge on any atom is 0.308 e. The van der Waals surface area contributed by atoms with Crippen LogP contribution in [0.2, 0.25) is 0 Å². The number of nitrogens with one attached hydrogen (secondary N) is 1. The van der Waals surface area contributed by atoms with E-state index in [4.69, 9.17) is 9.15 Å². The van der Waals surface area contributed by atoms with Gasteiger partial charge in [-0.05, 0) is 37.1 Å². The van der Waals surface area contributed by atoms with Gasteiger partial charge < -0.3 is 14.5 Å². The number of ether oxygens (including phenoxy) is 1. The molecule has 0 unspecified atom stereocenters. The number of carbonyl (C=O) groups excluding carboxylic acids is 1. The first-order chi connectivity index (χ1) is 15.0. The maximum absolute atomic E-state index is 12.8. The number of piperidine rings is 1. The summed E-state index contributed by atoms with van der Waals surface area (Å²) in [7, 11) is -3.50. The summed E-state index contributed by atoms with van der Waals surface area (Å²) in [5.74, 6) is -0.390. The zero-order valence-electron chi connectivity index (χ0n) is 17.3. The highest BCUT2D eigenvalue weighted by Crippen LogP contribution is 2.24. The van der Waals surface area contributed by atoms with Crippen LogP contribution >= 0.6 is 0 Å². The smallest absolute Gasteiger partial charge is 0.308 e. The molecular formula is C20H27N5O5S. The summed E-state index contributed by atoms with van der Waals surface area (Å²) < 4.78 is 37.8. The zero-order chi connectivity index (χ0) is 21.7. The molecule has 2 saturated heterocycles. The molecule has 0 radical (unpaired) electrons. The summed E-state index contributed by atoms with van der Waals surface area (Å²) in [4.78, 5) is 14.7. The molecule has 11 heteroatoms. The topological polar surface area (TPSA) is 118 Å². The van der Waals surface area contributed by atoms with Gasteiger partial charge in [-0.15, -0.1) is 10.2 Å². The monoisotopic (exact) mass is 449 g/mol. The molecule has 2 fully saturated rings. The van der Waals surface area contributed by atoms with Gasteiger partial charge in [0.1, 0.15) is 0 Å². The fourth-order valence-corrected chi connectivity index (χ4v) is 5.20. The molecule has 1 amide bonds. The van der Waals surface area contributed by atoms with E-state index in [-0.39, 0.29) is 16.7 Å². The van der Waals surface area contributed by atoms with Crippen LogP contribution in [-0.2, 0) is 14.8 Å². The highest BCUT2D eigenvalue weighted by molar-refractivity contribution is 7.89. The second kappa shape index (κ2) is 9.86. The Kier molecular flexibility index (Phi) is 6.96. The lowest BCUT2D eigenvalue weighted by molar-refractivity contribution is 0.0382. The summed E-state index contributed by atoms with van der Waals surface area (Å²) >= 11 is 0. The molecule has 3 heterocycles. The Morgan fingerprint density at radius 3 is 2.42 bits per heavy atom. The molecule has 0 bridgehead atoms. The number of morpholine rings is 1. The maximum atomic E-state index is 12.8. The third-order valence-electron chi connectivity index (χ3n) is 5.49. The quantitative estimate of drug-likeness (QED) is 0.665. The van der Waals surface area contributed by atoms with Crippen LogP contribution in [0, 0.1) is 0 Å². The van der Waals surface area contributed by atoms with Crippen LogP contribution in [-0.4, -0.2) is 86.2 Å². The van der Waals surface area contributed by atoms with Crippen LogP contribution < -0.4 is 5.32 Å². The Balaban J connectivity index is 1.35. The molecule has 2 aliphatic rings. The molecule has 2 aromatic rings. The third kappa shape index (κ3) is 5.29. The van der Waals surface area contributed by atoms with Crippen LogP contribution in [0.15, 0.2) is 33.6 Å². The number of nitrogens with zero attached hydrogens (tertiary/aromatic N) is 4. The van der Waals surface area contributed by atoms with Crippen molar-refractivity contribution >= 4 is 15.9 Å². The second-order valence-electron chi connectivity index (χ2n) is 7.61. The molecule has 0 aliphatic carbocycles. The summed E-state index contributed by atoms with van der Waals surface area (Å²) in [6.45, 7) is 5.42. The molecule has 4 rings (SSSR count). The van der Waals surface area contributed by atoms with Crippen molar-refractivity contribution in [3.8, 4) is 11.5 Å². The lowest BCUT2D eigenvalue weighted by Gasteiger charge is -2.26. The van der Waals surface area contributed by atoms with Crippen molar-refractivity contribution in [1.29, 1.82) is 0 Å². The largest absolute Gasteiger partial charge is 0.412 e. The molecule has 0 saturated carbocycles. The van der Waals surface area contributed by atoms with Gasteiger partial charge in [0.15, 0.2) is 0 Å². The highest BCUT2D eigenvalue weighted by atomic mass is 32.2. The standard InChI is InChI=1S/C20H27N5O5S/c26-18(21-8-11-24-12-14-29-15-13-24)20-23-22-19(30-20)16-4-6-17(7-5-16)31(27,28)25-9-2-1-3-10-25/h4-7H,1-3,8-15H2,(H,21,26). The molecule has 10 nitrogen and oxygen atoms in total. The lowest BCUT2D eigenvalue weighted by atomic mass is 10.2. The Labute approximate surface area is 181 Å². The predicted octanol–water partition coefficient (Wildman–Crippen LogP) is 0.973. The minimum atomic E-state index is -3.50. The van der Waals surface area contributed by atoms with Crippen LogP contribution in [0.25, 0.3) is 11.5 Å². The number of rotatable bonds is 7. The van der Waals surface area contributed by atoms with Gasteiger partial charge in [-0.3, -0.25) is 9.69 Å². The van der Waals surface area contributed by atoms with Crippen molar-refractivity contribution < 1.29 is 22.4 Å². The number of hydrogen-bond acceptors (Lipinski definition) is 8. The summed E-state index contributed by atoms with van der Waals surface area (Å²) in [6, 6.07) is 6.30. The molecule has 1 N–H and O–H groups in total. The van der Waals surface area contributed by atoms with Gasteiger partial charge in [0.05, 0.1) is 18.1 Å². The van der Waals surface area contributed by atoms with Crippen molar-refractivity contribution in [2.75, 3.05) is 52.5 Å². The summed E-state index contributed by atoms with van der Waals surface area (Å²) in [5, 5.41) is 10.5. The molecular weight excluding hydrogens is 422 g/mol. The second-order valence-corrected chi connectivity index (χ2v) is 9.55. The van der Waals surface area contributed by atoms with Crippen LogP contribution in [0.1, 0.15) is 29.9 Å². The Morgan fingerprint density at radius 1 is 1.00 bits per heavy atom. The third-order valence-corrected chi connectivity index (χ3v) is 7.40. The average Bonchev–Trinajstić information content (AvgIpc) is 3.31. The number of sulfonamides is 1. The number of carbonyl (C=O) groups is 1. The molecule has 0 atom stereocenters. The molecule has 168 valence electrons. The molecule has 0 spiro atoms. The van der Waals surface area contributed by atoms with Crippen LogP contribution in [0.3, 0.4) is 0 Å². The molecule has 2 aliphatic heterocycles. The summed E-state index contributed by atoms with van der Waals surface area (Å²) in [5.41, 5.74) is 0.553. The first-order valence-corrected chi connectivity index (χ1v) is 12.0. The fraction of sp³-hybridized carbons (Fsp3) is 0.550. The number of amides is 1. The zero-order valence-corrected chi connectivity index (χ0v) is 18.1. The predicted molar refractivity (Wildman–Crippen MR) is 112 cm³/mol. The van der Waals surface area contributed by atoms with Gasteiger partial charge in [-0.1, -0.05) is 6.42 Å².